The number of urea groups is 2. The minimum Gasteiger partial charge on any atom is -0.369 e. The molecule has 0 bridgehead atoms. The highest BCUT2D eigenvalue weighted by Crippen LogP contribution is 2.16. The highest BCUT2D eigenvalue weighted by Gasteiger charge is 2.30. The van der Waals surface area contributed by atoms with Gasteiger partial charge in [0.2, 0.25) is 0 Å². The number of likely N-dealkylation sites (N-methyl/N-ethyl adjacent to an activating group) is 1. The van der Waals surface area contributed by atoms with Crippen LogP contribution in [0.4, 0.5) is 9.59 Å². The van der Waals surface area contributed by atoms with Crippen LogP contribution < -0.4 is 10.6 Å². The van der Waals surface area contributed by atoms with Crippen LogP contribution >= 0.6 is 0 Å². The van der Waals surface area contributed by atoms with Gasteiger partial charge in [-0.3, -0.25) is 0 Å². The maximum atomic E-state index is 12.3. The predicted octanol–water partition coefficient (Wildman–Crippen LogP) is 2.59. The van der Waals surface area contributed by atoms with Gasteiger partial charge in [0.1, 0.15) is 0 Å². The van der Waals surface area contributed by atoms with E-state index in [0.29, 0.717) is 18.8 Å². The summed E-state index contributed by atoms with van der Waals surface area (Å²) in [6.45, 7) is 3.19. The Morgan fingerprint density at radius 1 is 1.27 bits per heavy atom. The molecule has 1 aromatic rings. The number of amides is 4. The Balaban J connectivity index is 1.99. The Labute approximate surface area is 154 Å². The van der Waals surface area contributed by atoms with Crippen LogP contribution in [-0.2, 0) is 6.54 Å². The number of rotatable bonds is 8. The fourth-order valence-corrected chi connectivity index (χ4v) is 2.76. The van der Waals surface area contributed by atoms with E-state index in [1.54, 1.807) is 11.9 Å². The summed E-state index contributed by atoms with van der Waals surface area (Å²) >= 11 is 0. The third kappa shape index (κ3) is 5.49. The van der Waals surface area contributed by atoms with Crippen LogP contribution in [0.3, 0.4) is 0 Å². The van der Waals surface area contributed by atoms with Crippen molar-refractivity contribution in [3.05, 3.63) is 47.8 Å². The van der Waals surface area contributed by atoms with E-state index < -0.39 is 18.3 Å². The molecule has 1 aromatic carbocycles. The van der Waals surface area contributed by atoms with Gasteiger partial charge in [-0.25, -0.2) is 14.5 Å². The van der Waals surface area contributed by atoms with Crippen molar-refractivity contribution in [1.82, 2.24) is 20.4 Å². The Bertz CT molecular complexity index is 633. The second kappa shape index (κ2) is 9.82. The number of nitrogens with one attached hydrogen (secondary N) is 2. The number of aliphatic hydroxyl groups excluding tert-OH is 1. The standard InChI is InChI=1S/C19H28N4O3/c1-3-4-5-9-12-20-18(25)23-14-16(17(24)21-19(23)26)22(2)13-15-10-7-6-8-11-15/h6-8,10-11,14,17,24H,3-5,9,12-13H2,1-2H3,(H,20,25)(H,21,26). The Morgan fingerprint density at radius 2 is 2.00 bits per heavy atom. The van der Waals surface area contributed by atoms with Crippen LogP contribution in [0.2, 0.25) is 0 Å². The third-order valence-electron chi connectivity index (χ3n) is 4.25. The van der Waals surface area contributed by atoms with E-state index in [1.807, 2.05) is 30.3 Å². The number of aliphatic hydroxyl groups is 1. The van der Waals surface area contributed by atoms with Crippen molar-refractivity contribution in [3.8, 4) is 0 Å². The van der Waals surface area contributed by atoms with Gasteiger partial charge in [-0.1, -0.05) is 56.5 Å². The van der Waals surface area contributed by atoms with Crippen LogP contribution in [0.5, 0.6) is 0 Å². The van der Waals surface area contributed by atoms with Crippen LogP contribution in [0, 0.1) is 0 Å². The zero-order valence-electron chi connectivity index (χ0n) is 15.4. The van der Waals surface area contributed by atoms with Crippen molar-refractivity contribution < 1.29 is 14.7 Å². The molecule has 7 heteroatoms. The molecule has 0 saturated heterocycles. The smallest absolute Gasteiger partial charge is 0.332 e. The van der Waals surface area contributed by atoms with Crippen molar-refractivity contribution in [2.75, 3.05) is 13.6 Å². The predicted molar refractivity (Wildman–Crippen MR) is 99.9 cm³/mol. The summed E-state index contributed by atoms with van der Waals surface area (Å²) < 4.78 is 0. The largest absolute Gasteiger partial charge is 0.369 e. The number of unbranched alkanes of at least 4 members (excludes halogenated alkanes) is 3. The molecule has 142 valence electrons. The summed E-state index contributed by atoms with van der Waals surface area (Å²) in [5.74, 6) is 0. The monoisotopic (exact) mass is 360 g/mol. The number of hydrogen-bond acceptors (Lipinski definition) is 4. The lowest BCUT2D eigenvalue weighted by Gasteiger charge is -2.33. The second-order valence-electron chi connectivity index (χ2n) is 6.41. The van der Waals surface area contributed by atoms with E-state index in [-0.39, 0.29) is 0 Å². The average Bonchev–Trinajstić information content (AvgIpc) is 2.62. The summed E-state index contributed by atoms with van der Waals surface area (Å²) in [5, 5.41) is 15.3. The first-order valence-corrected chi connectivity index (χ1v) is 9.05. The topological polar surface area (TPSA) is 84.9 Å². The maximum absolute atomic E-state index is 12.3. The number of nitrogens with zero attached hydrogens (tertiary/aromatic N) is 2. The molecule has 0 radical (unpaired) electrons. The minimum absolute atomic E-state index is 0.453. The molecule has 2 rings (SSSR count). The van der Waals surface area contributed by atoms with Gasteiger partial charge in [0, 0.05) is 26.3 Å². The second-order valence-corrected chi connectivity index (χ2v) is 6.41. The maximum Gasteiger partial charge on any atom is 0.332 e. The molecule has 1 atom stereocenters. The van der Waals surface area contributed by atoms with Gasteiger partial charge in [0.15, 0.2) is 6.23 Å². The van der Waals surface area contributed by atoms with E-state index in [4.69, 9.17) is 0 Å². The van der Waals surface area contributed by atoms with Crippen LogP contribution in [0.15, 0.2) is 42.2 Å². The Morgan fingerprint density at radius 3 is 2.69 bits per heavy atom. The zero-order chi connectivity index (χ0) is 18.9. The molecule has 1 heterocycles. The quantitative estimate of drug-likeness (QED) is 0.622. The van der Waals surface area contributed by atoms with Gasteiger partial charge in [-0.15, -0.1) is 0 Å². The van der Waals surface area contributed by atoms with Gasteiger partial charge < -0.3 is 20.6 Å². The normalized spacial score (nSPS) is 16.7. The van der Waals surface area contributed by atoms with Gasteiger partial charge in [0.05, 0.1) is 5.70 Å². The lowest BCUT2D eigenvalue weighted by atomic mass is 10.2. The van der Waals surface area contributed by atoms with Crippen molar-refractivity contribution in [1.29, 1.82) is 0 Å². The molecule has 1 unspecified atom stereocenters. The van der Waals surface area contributed by atoms with E-state index in [1.165, 1.54) is 6.20 Å². The lowest BCUT2D eigenvalue weighted by molar-refractivity contribution is 0.119. The highest BCUT2D eigenvalue weighted by molar-refractivity contribution is 5.95. The molecule has 0 aromatic heterocycles. The molecule has 1 aliphatic heterocycles. The number of imide groups is 1. The first-order chi connectivity index (χ1) is 12.5. The third-order valence-corrected chi connectivity index (χ3v) is 4.25. The number of benzene rings is 1. The van der Waals surface area contributed by atoms with Gasteiger partial charge in [-0.05, 0) is 12.0 Å². The molecule has 0 aliphatic carbocycles. The van der Waals surface area contributed by atoms with Crippen molar-refractivity contribution in [2.45, 2.75) is 45.4 Å². The van der Waals surface area contributed by atoms with Crippen molar-refractivity contribution in [3.63, 3.8) is 0 Å². The van der Waals surface area contributed by atoms with E-state index in [2.05, 4.69) is 17.6 Å². The van der Waals surface area contributed by atoms with E-state index >= 15 is 0 Å². The molecular formula is C19H28N4O3. The molecular weight excluding hydrogens is 332 g/mol. The molecule has 3 N–H and O–H groups in total. The Hall–Kier alpha value is -2.54. The SMILES string of the molecule is CCCCCCNC(=O)N1C=C(N(C)Cc2ccccc2)C(O)NC1=O. The minimum atomic E-state index is -1.15. The van der Waals surface area contributed by atoms with E-state index in [9.17, 15) is 14.7 Å². The van der Waals surface area contributed by atoms with Crippen LogP contribution in [0.25, 0.3) is 0 Å². The molecule has 0 fully saturated rings. The molecule has 4 amide bonds. The molecule has 1 aliphatic rings. The lowest BCUT2D eigenvalue weighted by Crippen LogP contribution is -2.54. The fourth-order valence-electron chi connectivity index (χ4n) is 2.76. The first kappa shape index (κ1) is 19.8. The summed E-state index contributed by atoms with van der Waals surface area (Å²) in [5.41, 5.74) is 1.52. The summed E-state index contributed by atoms with van der Waals surface area (Å²) in [6, 6.07) is 8.64. The Kier molecular flexibility index (Phi) is 7.47. The first-order valence-electron chi connectivity index (χ1n) is 9.05. The summed E-state index contributed by atoms with van der Waals surface area (Å²) in [4.78, 5) is 27.1. The summed E-state index contributed by atoms with van der Waals surface area (Å²) in [6.07, 6.45) is 4.42. The van der Waals surface area contributed by atoms with Gasteiger partial charge in [-0.2, -0.15) is 0 Å². The molecule has 26 heavy (non-hydrogen) atoms. The average molecular weight is 360 g/mol. The van der Waals surface area contributed by atoms with Crippen molar-refractivity contribution >= 4 is 12.1 Å². The van der Waals surface area contributed by atoms with Gasteiger partial charge in [0.25, 0.3) is 0 Å². The number of carbonyl (C=O) groups excluding carboxylic acids is 2. The van der Waals surface area contributed by atoms with Crippen molar-refractivity contribution in [2.24, 2.45) is 0 Å². The van der Waals surface area contributed by atoms with Crippen LogP contribution in [0.1, 0.15) is 38.2 Å². The van der Waals surface area contributed by atoms with Gasteiger partial charge >= 0.3 is 12.1 Å². The zero-order valence-corrected chi connectivity index (χ0v) is 15.4. The number of hydrogen-bond donors (Lipinski definition) is 3. The molecule has 0 spiro atoms. The molecule has 0 saturated carbocycles. The highest BCUT2D eigenvalue weighted by atomic mass is 16.3. The van der Waals surface area contributed by atoms with E-state index in [0.717, 1.165) is 36.1 Å². The van der Waals surface area contributed by atoms with Crippen LogP contribution in [-0.4, -0.2) is 46.8 Å². The fraction of sp³-hybridized carbons (Fsp3) is 0.474. The molecule has 7 nitrogen and oxygen atoms in total. The summed E-state index contributed by atoms with van der Waals surface area (Å²) in [7, 11) is 1.81. The number of carbonyl (C=O) groups is 2.